The van der Waals surface area contributed by atoms with Crippen molar-refractivity contribution in [2.45, 2.75) is 72.0 Å². The summed E-state index contributed by atoms with van der Waals surface area (Å²) < 4.78 is 13.6. The molecule has 0 saturated heterocycles. The normalized spacial score (nSPS) is 13.9. The highest BCUT2D eigenvalue weighted by molar-refractivity contribution is 8.00. The topological polar surface area (TPSA) is 24.9 Å². The van der Waals surface area contributed by atoms with Gasteiger partial charge in [-0.1, -0.05) is 179 Å². The monoisotopic (exact) mass is 940 g/mol. The predicted molar refractivity (Wildman–Crippen MR) is 297 cm³/mol. The van der Waals surface area contributed by atoms with Gasteiger partial charge in [0, 0.05) is 65.8 Å². The van der Waals surface area contributed by atoms with Gasteiger partial charge in [0.25, 0.3) is 0 Å². The van der Waals surface area contributed by atoms with Gasteiger partial charge in [-0.25, -0.2) is 0 Å². The van der Waals surface area contributed by atoms with E-state index in [9.17, 15) is 0 Å². The molecule has 0 N–H and O–H groups in total. The first-order valence-corrected chi connectivity index (χ1v) is 25.9. The van der Waals surface area contributed by atoms with Gasteiger partial charge in [0.2, 0.25) is 13.4 Å². The van der Waals surface area contributed by atoms with Gasteiger partial charge < -0.3 is 19.3 Å². The van der Waals surface area contributed by atoms with Crippen LogP contribution in [-0.4, -0.2) is 13.4 Å². The van der Waals surface area contributed by atoms with E-state index in [2.05, 4.69) is 185 Å². The third-order valence-corrected chi connectivity index (χ3v) is 16.6. The Labute approximate surface area is 420 Å². The van der Waals surface area contributed by atoms with E-state index < -0.39 is 0 Å². The highest BCUT2D eigenvalue weighted by atomic mass is 32.2. The lowest BCUT2D eigenvalue weighted by Gasteiger charge is -2.44. The molecule has 0 radical (unpaired) electrons. The van der Waals surface area contributed by atoms with Crippen LogP contribution in [0.5, 0.6) is 23.0 Å². The third-order valence-electron chi connectivity index (χ3n) is 14.3. The van der Waals surface area contributed by atoms with Crippen molar-refractivity contribution in [1.29, 1.82) is 0 Å². The molecule has 70 heavy (non-hydrogen) atoms. The highest BCUT2D eigenvalue weighted by Gasteiger charge is 2.47. The molecule has 0 fully saturated rings. The Morgan fingerprint density at radius 1 is 0.343 bits per heavy atom. The fourth-order valence-electron chi connectivity index (χ4n) is 11.0. The molecular formula is C62H50B2N2O2S2. The van der Waals surface area contributed by atoms with Gasteiger partial charge in [0.05, 0.1) is 0 Å². The Morgan fingerprint density at radius 2 is 0.729 bits per heavy atom. The van der Waals surface area contributed by atoms with E-state index in [0.29, 0.717) is 0 Å². The van der Waals surface area contributed by atoms with Crippen molar-refractivity contribution in [3.63, 3.8) is 0 Å². The lowest BCUT2D eigenvalue weighted by Crippen LogP contribution is -2.64. The highest BCUT2D eigenvalue weighted by Crippen LogP contribution is 2.49. The maximum Gasteiger partial charge on any atom is 0.249 e. The first kappa shape index (κ1) is 43.1. The zero-order valence-corrected chi connectivity index (χ0v) is 41.8. The number of nitrogens with zero attached hydrogens (tertiary/aromatic N) is 2. The number of hydrogen-bond donors (Lipinski definition) is 0. The quantitative estimate of drug-likeness (QED) is 0.154. The summed E-state index contributed by atoms with van der Waals surface area (Å²) in [5, 5.41) is 0. The maximum absolute atomic E-state index is 6.78. The zero-order valence-electron chi connectivity index (χ0n) is 40.2. The molecule has 0 aromatic heterocycles. The molecule has 8 heteroatoms. The minimum atomic E-state index is -0.0411. The number of ether oxygens (including phenoxy) is 2. The van der Waals surface area contributed by atoms with E-state index in [0.717, 1.165) is 57.1 Å². The molecular weight excluding hydrogens is 890 g/mol. The molecule has 4 heterocycles. The van der Waals surface area contributed by atoms with E-state index >= 15 is 0 Å². The van der Waals surface area contributed by atoms with Gasteiger partial charge in [-0.05, 0) is 123 Å². The summed E-state index contributed by atoms with van der Waals surface area (Å²) in [5.74, 6) is 3.25. The average Bonchev–Trinajstić information content (AvgIpc) is 3.36. The van der Waals surface area contributed by atoms with Crippen LogP contribution in [-0.2, 0) is 10.8 Å². The molecule has 0 atom stereocenters. The van der Waals surface area contributed by atoms with Crippen LogP contribution < -0.4 is 52.1 Å². The van der Waals surface area contributed by atoms with Crippen molar-refractivity contribution < 1.29 is 9.47 Å². The van der Waals surface area contributed by atoms with Gasteiger partial charge in [0.1, 0.15) is 23.0 Å². The summed E-state index contributed by atoms with van der Waals surface area (Å²) in [6.45, 7) is 13.9. The summed E-state index contributed by atoms with van der Waals surface area (Å²) in [5.41, 5.74) is 17.3. The summed E-state index contributed by atoms with van der Waals surface area (Å²) in [7, 11) is 0. The van der Waals surface area contributed by atoms with E-state index in [-0.39, 0.29) is 24.3 Å². The molecule has 338 valence electrons. The smallest absolute Gasteiger partial charge is 0.249 e. The molecule has 4 aliphatic heterocycles. The van der Waals surface area contributed by atoms with Gasteiger partial charge in [-0.15, -0.1) is 0 Å². The van der Waals surface area contributed by atoms with Crippen molar-refractivity contribution in [3.05, 3.63) is 205 Å². The van der Waals surface area contributed by atoms with Gasteiger partial charge in [-0.2, -0.15) is 0 Å². The van der Waals surface area contributed by atoms with Crippen molar-refractivity contribution in [1.82, 2.24) is 0 Å². The van der Waals surface area contributed by atoms with E-state index in [1.807, 2.05) is 84.2 Å². The van der Waals surface area contributed by atoms with Crippen LogP contribution in [0, 0.1) is 0 Å². The standard InChI is InChI=1S/C62H50B2N2O2S2/c1-61(2,3)39-27-29-55-49(31-39)63-47-37-48-52(38-51(47)65(41-19-11-7-12-20-41)53-33-45(35-57(69-55)59(53)63)67-43-23-15-9-16-24-43)66(42-21-13-8-14-22-42)54-34-46(68-44-25-17-10-18-26-44)36-58-60(54)64(48)50-32-40(62(4,5)6)28-30-56(50)70-58/h7-38H,1-6H3. The molecule has 0 spiro atoms. The fourth-order valence-corrected chi connectivity index (χ4v) is 13.3. The van der Waals surface area contributed by atoms with Gasteiger partial charge >= 0.3 is 0 Å². The fraction of sp³-hybridized carbons (Fsp3) is 0.129. The number of hydrogen-bond acceptors (Lipinski definition) is 6. The molecule has 9 aromatic carbocycles. The van der Waals surface area contributed by atoms with Crippen LogP contribution in [0.3, 0.4) is 0 Å². The molecule has 0 aliphatic carbocycles. The first-order chi connectivity index (χ1) is 33.9. The second-order valence-electron chi connectivity index (χ2n) is 20.9. The minimum absolute atomic E-state index is 0.0345. The Kier molecular flexibility index (Phi) is 10.0. The molecule has 4 aliphatic rings. The number of anilines is 6. The van der Waals surface area contributed by atoms with E-state index in [1.54, 1.807) is 0 Å². The maximum atomic E-state index is 6.78. The van der Waals surface area contributed by atoms with E-state index in [4.69, 9.17) is 9.47 Å². The summed E-state index contributed by atoms with van der Waals surface area (Å²) >= 11 is 3.73. The average molecular weight is 941 g/mol. The Bertz CT molecular complexity index is 3310. The number of benzene rings is 9. The van der Waals surface area contributed by atoms with Crippen LogP contribution in [0.15, 0.2) is 214 Å². The lowest BCUT2D eigenvalue weighted by atomic mass is 9.31. The van der Waals surface area contributed by atoms with Crippen molar-refractivity contribution >= 4 is 104 Å². The van der Waals surface area contributed by atoms with Gasteiger partial charge in [-0.3, -0.25) is 0 Å². The Balaban J connectivity index is 1.13. The van der Waals surface area contributed by atoms with Crippen molar-refractivity contribution in [2.24, 2.45) is 0 Å². The van der Waals surface area contributed by atoms with Crippen LogP contribution >= 0.6 is 23.5 Å². The van der Waals surface area contributed by atoms with Gasteiger partial charge in [0.15, 0.2) is 0 Å². The Morgan fingerprint density at radius 3 is 1.11 bits per heavy atom. The number of fused-ring (bicyclic) bond motifs is 8. The first-order valence-electron chi connectivity index (χ1n) is 24.3. The molecule has 0 saturated carbocycles. The summed E-state index contributed by atoms with van der Waals surface area (Å²) in [6.07, 6.45) is 0. The molecule has 13 rings (SSSR count). The largest absolute Gasteiger partial charge is 0.457 e. The predicted octanol–water partition coefficient (Wildman–Crippen LogP) is 13.4. The molecule has 0 bridgehead atoms. The van der Waals surface area contributed by atoms with Crippen LogP contribution in [0.4, 0.5) is 34.1 Å². The molecule has 0 unspecified atom stereocenters. The molecule has 9 aromatic rings. The second-order valence-corrected chi connectivity index (χ2v) is 23.1. The SMILES string of the molecule is CC(C)(C)c1ccc2c(c1)B1c3cc4c(cc3N(c3ccccc3)c3cc(Oc5ccccc5)cc(c31)S2)N(c1ccccc1)c1cc(Oc2ccccc2)cc2c1B4c1cc(C(C)(C)C)ccc1S2. The van der Waals surface area contributed by atoms with Crippen molar-refractivity contribution in [3.8, 4) is 23.0 Å². The van der Waals surface area contributed by atoms with E-state index in [1.165, 1.54) is 63.5 Å². The number of rotatable bonds is 6. The summed E-state index contributed by atoms with van der Waals surface area (Å²) in [4.78, 5) is 10.00. The van der Waals surface area contributed by atoms with Crippen LogP contribution in [0.2, 0.25) is 0 Å². The minimum Gasteiger partial charge on any atom is -0.457 e. The third kappa shape index (κ3) is 7.17. The summed E-state index contributed by atoms with van der Waals surface area (Å²) in [6, 6.07) is 70.8. The second kappa shape index (κ2) is 16.3. The Hall–Kier alpha value is -6.99. The van der Waals surface area contributed by atoms with Crippen LogP contribution in [0.1, 0.15) is 52.7 Å². The zero-order chi connectivity index (χ0) is 47.5. The number of para-hydroxylation sites is 4. The van der Waals surface area contributed by atoms with Crippen LogP contribution in [0.25, 0.3) is 0 Å². The molecule has 4 nitrogen and oxygen atoms in total. The molecule has 0 amide bonds. The van der Waals surface area contributed by atoms with Crippen molar-refractivity contribution in [2.75, 3.05) is 9.80 Å². The lowest BCUT2D eigenvalue weighted by molar-refractivity contribution is 0.481.